The van der Waals surface area contributed by atoms with Crippen LogP contribution in [0.5, 0.6) is 0 Å². The van der Waals surface area contributed by atoms with Crippen LogP contribution in [-0.4, -0.2) is 31.4 Å². The summed E-state index contributed by atoms with van der Waals surface area (Å²) >= 11 is 0. The zero-order valence-corrected chi connectivity index (χ0v) is 16.1. The monoisotopic (exact) mass is 382 g/mol. The molecule has 0 saturated heterocycles. The lowest BCUT2D eigenvalue weighted by atomic mass is 10.1. The van der Waals surface area contributed by atoms with E-state index < -0.39 is 0 Å². The van der Waals surface area contributed by atoms with Crippen molar-refractivity contribution in [3.63, 3.8) is 0 Å². The average Bonchev–Trinajstić information content (AvgIpc) is 2.72. The van der Waals surface area contributed by atoms with Crippen LogP contribution >= 0.6 is 0 Å². The quantitative estimate of drug-likeness (QED) is 0.489. The number of carbonyl (C=O) groups is 3. The van der Waals surface area contributed by atoms with Crippen LogP contribution in [0.25, 0.3) is 0 Å². The lowest BCUT2D eigenvalue weighted by Crippen LogP contribution is -2.19. The van der Waals surface area contributed by atoms with Gasteiger partial charge in [0.1, 0.15) is 0 Å². The Kier molecular flexibility index (Phi) is 8.72. The molecule has 0 saturated carbocycles. The normalized spacial score (nSPS) is 10.2. The van der Waals surface area contributed by atoms with Gasteiger partial charge < -0.3 is 15.4 Å². The Balaban J connectivity index is 1.62. The van der Waals surface area contributed by atoms with Crippen molar-refractivity contribution in [2.75, 3.05) is 19.0 Å². The molecule has 0 spiro atoms. The van der Waals surface area contributed by atoms with Gasteiger partial charge in [0.15, 0.2) is 0 Å². The molecule has 6 nitrogen and oxygen atoms in total. The molecule has 2 rings (SSSR count). The summed E-state index contributed by atoms with van der Waals surface area (Å²) in [6.07, 6.45) is 2.01. The lowest BCUT2D eigenvalue weighted by molar-refractivity contribution is -0.144. The van der Waals surface area contributed by atoms with Crippen LogP contribution in [0.15, 0.2) is 54.6 Å². The van der Waals surface area contributed by atoms with E-state index in [2.05, 4.69) is 10.6 Å². The number of carbonyl (C=O) groups excluding carboxylic acids is 3. The minimum Gasteiger partial charge on any atom is -0.466 e. The third-order valence-corrected chi connectivity index (χ3v) is 4.15. The second kappa shape index (κ2) is 11.5. The molecule has 28 heavy (non-hydrogen) atoms. The smallest absolute Gasteiger partial charge is 0.306 e. The van der Waals surface area contributed by atoms with Gasteiger partial charge in [-0.2, -0.15) is 0 Å². The van der Waals surface area contributed by atoms with Gasteiger partial charge in [-0.05, 0) is 36.1 Å². The predicted octanol–water partition coefficient (Wildman–Crippen LogP) is 2.87. The summed E-state index contributed by atoms with van der Waals surface area (Å²) in [4.78, 5) is 35.0. The molecule has 0 bridgehead atoms. The summed E-state index contributed by atoms with van der Waals surface area (Å²) in [5.41, 5.74) is 2.69. The first-order valence-electron chi connectivity index (χ1n) is 9.35. The highest BCUT2D eigenvalue weighted by atomic mass is 16.5. The molecule has 0 fully saturated rings. The summed E-state index contributed by atoms with van der Waals surface area (Å²) in [5, 5.41) is 5.29. The average molecular weight is 382 g/mol. The number of rotatable bonds is 10. The second-order valence-electron chi connectivity index (χ2n) is 6.40. The fourth-order valence-corrected chi connectivity index (χ4v) is 2.60. The Bertz CT molecular complexity index is 773. The summed E-state index contributed by atoms with van der Waals surface area (Å²) in [5.74, 6) is -0.691. The maximum absolute atomic E-state index is 12.0. The van der Waals surface area contributed by atoms with E-state index in [0.29, 0.717) is 18.7 Å². The van der Waals surface area contributed by atoms with Gasteiger partial charge in [0.25, 0.3) is 0 Å². The van der Waals surface area contributed by atoms with Gasteiger partial charge in [0, 0.05) is 19.2 Å². The van der Waals surface area contributed by atoms with Gasteiger partial charge in [-0.3, -0.25) is 14.4 Å². The highest BCUT2D eigenvalue weighted by molar-refractivity contribution is 5.92. The molecule has 0 unspecified atom stereocenters. The van der Waals surface area contributed by atoms with E-state index in [0.717, 1.165) is 18.4 Å². The van der Waals surface area contributed by atoms with Crippen molar-refractivity contribution in [2.45, 2.75) is 32.1 Å². The topological polar surface area (TPSA) is 84.5 Å². The summed E-state index contributed by atoms with van der Waals surface area (Å²) < 4.78 is 5.17. The number of aryl methyl sites for hydroxylation is 1. The first-order valence-corrected chi connectivity index (χ1v) is 9.35. The van der Waals surface area contributed by atoms with Gasteiger partial charge in [-0.15, -0.1) is 0 Å². The van der Waals surface area contributed by atoms with Crippen LogP contribution in [-0.2, 0) is 32.0 Å². The minimum atomic E-state index is -0.371. The lowest BCUT2D eigenvalue weighted by Gasteiger charge is -2.07. The maximum Gasteiger partial charge on any atom is 0.306 e. The van der Waals surface area contributed by atoms with Crippen molar-refractivity contribution >= 4 is 23.5 Å². The van der Waals surface area contributed by atoms with Crippen molar-refractivity contribution < 1.29 is 19.1 Å². The zero-order chi connectivity index (χ0) is 20.2. The summed E-state index contributed by atoms with van der Waals surface area (Å²) in [6, 6.07) is 17.0. The molecule has 0 aromatic heterocycles. The van der Waals surface area contributed by atoms with Gasteiger partial charge in [0.05, 0.1) is 19.4 Å². The fourth-order valence-electron chi connectivity index (χ4n) is 2.60. The number of anilines is 1. The van der Waals surface area contributed by atoms with Crippen LogP contribution in [0.4, 0.5) is 5.69 Å². The highest BCUT2D eigenvalue weighted by Crippen LogP contribution is 2.11. The van der Waals surface area contributed by atoms with Gasteiger partial charge >= 0.3 is 5.97 Å². The Labute approximate surface area is 165 Å². The summed E-state index contributed by atoms with van der Waals surface area (Å²) in [6.45, 7) is 0.349. The number of nitrogens with one attached hydrogen (secondary N) is 2. The Morgan fingerprint density at radius 3 is 2.25 bits per heavy atom. The van der Waals surface area contributed by atoms with Crippen LogP contribution in [0.3, 0.4) is 0 Å². The maximum atomic E-state index is 12.0. The van der Waals surface area contributed by atoms with Crippen LogP contribution < -0.4 is 10.6 Å². The molecule has 148 valence electrons. The third kappa shape index (κ3) is 8.03. The number of likely N-dealkylation sites (N-methyl/N-ethyl adjacent to an activating group) is 1. The molecule has 0 heterocycles. The number of esters is 1. The van der Waals surface area contributed by atoms with E-state index in [1.54, 1.807) is 31.3 Å². The standard InChI is InChI=1S/C22H26N2O4/c1-23-21(26)16-18-9-11-19(12-10-18)24-20(25)13-14-22(27)28-15-5-8-17-6-3-2-4-7-17/h2-4,6-7,9-12H,5,8,13-16H2,1H3,(H,23,26)(H,24,25). The van der Waals surface area contributed by atoms with E-state index in [1.165, 1.54) is 5.56 Å². The second-order valence-corrected chi connectivity index (χ2v) is 6.40. The predicted molar refractivity (Wildman–Crippen MR) is 108 cm³/mol. The molecule has 0 radical (unpaired) electrons. The van der Waals surface area contributed by atoms with Gasteiger partial charge in [-0.1, -0.05) is 42.5 Å². The number of hydrogen-bond donors (Lipinski definition) is 2. The van der Waals surface area contributed by atoms with E-state index in [4.69, 9.17) is 4.74 Å². The van der Waals surface area contributed by atoms with Crippen molar-refractivity contribution in [1.82, 2.24) is 5.32 Å². The van der Waals surface area contributed by atoms with Crippen molar-refractivity contribution in [2.24, 2.45) is 0 Å². The Morgan fingerprint density at radius 1 is 0.857 bits per heavy atom. The highest BCUT2D eigenvalue weighted by Gasteiger charge is 2.09. The molecule has 2 aromatic rings. The van der Waals surface area contributed by atoms with Gasteiger partial charge in [-0.25, -0.2) is 0 Å². The molecule has 6 heteroatoms. The molecule has 0 atom stereocenters. The first-order chi connectivity index (χ1) is 13.6. The van der Waals surface area contributed by atoms with Crippen molar-refractivity contribution in [3.8, 4) is 0 Å². The molecule has 2 amide bonds. The minimum absolute atomic E-state index is 0.0475. The molecule has 0 aliphatic carbocycles. The van der Waals surface area contributed by atoms with E-state index in [9.17, 15) is 14.4 Å². The largest absolute Gasteiger partial charge is 0.466 e. The fraction of sp³-hybridized carbons (Fsp3) is 0.318. The van der Waals surface area contributed by atoms with Crippen LogP contribution in [0, 0.1) is 0 Å². The van der Waals surface area contributed by atoms with Crippen LogP contribution in [0.2, 0.25) is 0 Å². The number of ether oxygens (including phenoxy) is 1. The Morgan fingerprint density at radius 2 is 1.57 bits per heavy atom. The van der Waals surface area contributed by atoms with E-state index >= 15 is 0 Å². The number of amides is 2. The molecular formula is C22H26N2O4. The van der Waals surface area contributed by atoms with Gasteiger partial charge in [0.2, 0.25) is 11.8 Å². The molecule has 2 aromatic carbocycles. The molecule has 2 N–H and O–H groups in total. The Hall–Kier alpha value is -3.15. The molecular weight excluding hydrogens is 356 g/mol. The van der Waals surface area contributed by atoms with Crippen LogP contribution in [0.1, 0.15) is 30.4 Å². The van der Waals surface area contributed by atoms with Crippen molar-refractivity contribution in [1.29, 1.82) is 0 Å². The first kappa shape index (κ1) is 21.2. The van der Waals surface area contributed by atoms with Crippen molar-refractivity contribution in [3.05, 3.63) is 65.7 Å². The molecule has 0 aliphatic heterocycles. The number of hydrogen-bond acceptors (Lipinski definition) is 4. The molecule has 0 aliphatic rings. The zero-order valence-electron chi connectivity index (χ0n) is 16.1. The SMILES string of the molecule is CNC(=O)Cc1ccc(NC(=O)CCC(=O)OCCCc2ccccc2)cc1. The third-order valence-electron chi connectivity index (χ3n) is 4.15. The number of benzene rings is 2. The summed E-state index contributed by atoms with van der Waals surface area (Å²) in [7, 11) is 1.59. The van der Waals surface area contributed by atoms with E-state index in [1.807, 2.05) is 30.3 Å². The van der Waals surface area contributed by atoms with E-state index in [-0.39, 0.29) is 30.6 Å².